The first-order chi connectivity index (χ1) is 10.9. The summed E-state index contributed by atoms with van der Waals surface area (Å²) in [4.78, 5) is 14.8. The molecule has 4 nitrogen and oxygen atoms in total. The van der Waals surface area contributed by atoms with Crippen LogP contribution in [0.4, 0.5) is 16.2 Å². The Balaban J connectivity index is 2.39. The lowest BCUT2D eigenvalue weighted by molar-refractivity contribution is 0.258. The summed E-state index contributed by atoms with van der Waals surface area (Å²) in [6, 6.07) is 14.7. The van der Waals surface area contributed by atoms with Crippen LogP contribution in [0.5, 0.6) is 0 Å². The van der Waals surface area contributed by atoms with Crippen molar-refractivity contribution in [1.29, 1.82) is 0 Å². The van der Waals surface area contributed by atoms with E-state index in [0.717, 1.165) is 16.9 Å². The molecule has 2 amide bonds. The number of nitrogens with zero attached hydrogens (tertiary/aromatic N) is 1. The zero-order valence-corrected chi connectivity index (χ0v) is 14.7. The van der Waals surface area contributed by atoms with E-state index in [1.165, 1.54) is 0 Å². The summed E-state index contributed by atoms with van der Waals surface area (Å²) in [6.45, 7) is 4.12. The predicted octanol–water partition coefficient (Wildman–Crippen LogP) is 4.22. The Morgan fingerprint density at radius 1 is 1.09 bits per heavy atom. The van der Waals surface area contributed by atoms with Crippen molar-refractivity contribution in [1.82, 2.24) is 0 Å². The van der Waals surface area contributed by atoms with Gasteiger partial charge in [-0.05, 0) is 29.7 Å². The molecule has 0 spiro atoms. The van der Waals surface area contributed by atoms with Crippen molar-refractivity contribution in [2.24, 2.45) is 0 Å². The number of rotatable bonds is 4. The third-order valence-electron chi connectivity index (χ3n) is 3.63. The van der Waals surface area contributed by atoms with Crippen LogP contribution in [0.2, 0.25) is 0 Å². The average molecular weight is 330 g/mol. The molecule has 1 atom stereocenters. The molecule has 0 heterocycles. The van der Waals surface area contributed by atoms with Gasteiger partial charge in [-0.3, -0.25) is 9.11 Å². The normalized spacial score (nSPS) is 12.0. The summed E-state index contributed by atoms with van der Waals surface area (Å²) in [7, 11) is 0.532. The highest BCUT2D eigenvalue weighted by molar-refractivity contribution is 7.84. The molecule has 0 saturated carbocycles. The second-order valence-electron chi connectivity index (χ2n) is 5.66. The first kappa shape index (κ1) is 17.2. The maximum Gasteiger partial charge on any atom is 0.326 e. The van der Waals surface area contributed by atoms with Crippen molar-refractivity contribution in [2.75, 3.05) is 23.5 Å². The fourth-order valence-electron chi connectivity index (χ4n) is 2.43. The van der Waals surface area contributed by atoms with Gasteiger partial charge in [0.2, 0.25) is 0 Å². The second kappa shape index (κ2) is 7.42. The lowest BCUT2D eigenvalue weighted by Gasteiger charge is -2.25. The maximum absolute atomic E-state index is 12.6. The van der Waals surface area contributed by atoms with Gasteiger partial charge in [0, 0.05) is 19.0 Å². The molecule has 0 aliphatic rings. The van der Waals surface area contributed by atoms with Crippen molar-refractivity contribution >= 4 is 28.2 Å². The van der Waals surface area contributed by atoms with E-state index in [4.69, 9.17) is 0 Å². The Morgan fingerprint density at radius 2 is 1.74 bits per heavy atom. The zero-order valence-electron chi connectivity index (χ0n) is 13.9. The van der Waals surface area contributed by atoms with Gasteiger partial charge in [-0.25, -0.2) is 4.79 Å². The summed E-state index contributed by atoms with van der Waals surface area (Å²) in [5.41, 5.74) is 2.45. The Kier molecular flexibility index (Phi) is 5.55. The van der Waals surface area contributed by atoms with E-state index in [-0.39, 0.29) is 11.9 Å². The Morgan fingerprint density at radius 3 is 2.30 bits per heavy atom. The first-order valence-electron chi connectivity index (χ1n) is 7.48. The zero-order chi connectivity index (χ0) is 17.0. The van der Waals surface area contributed by atoms with Crippen LogP contribution in [-0.2, 0) is 10.8 Å². The third-order valence-corrected chi connectivity index (χ3v) is 4.58. The molecule has 2 rings (SSSR count). The number of carbonyl (C=O) groups excluding carboxylic acids is 1. The van der Waals surface area contributed by atoms with Gasteiger partial charge in [0.15, 0.2) is 0 Å². The van der Waals surface area contributed by atoms with E-state index >= 15 is 0 Å². The summed E-state index contributed by atoms with van der Waals surface area (Å²) in [5, 5.41) is 2.86. The van der Waals surface area contributed by atoms with Gasteiger partial charge < -0.3 is 5.32 Å². The minimum atomic E-state index is -1.17. The molecule has 5 heteroatoms. The van der Waals surface area contributed by atoms with E-state index in [1.54, 1.807) is 18.2 Å². The molecule has 122 valence electrons. The van der Waals surface area contributed by atoms with Crippen molar-refractivity contribution in [3.05, 3.63) is 54.1 Å². The molecule has 2 aromatic rings. The predicted molar refractivity (Wildman–Crippen MR) is 96.7 cm³/mol. The SMILES string of the molecule is CC(C)c1cccc(S(C)=O)c1N(C)C(=O)Nc1ccccc1. The van der Waals surface area contributed by atoms with Crippen LogP contribution in [0.15, 0.2) is 53.4 Å². The lowest BCUT2D eigenvalue weighted by Crippen LogP contribution is -2.33. The molecular formula is C18H22N2O2S. The van der Waals surface area contributed by atoms with Crippen LogP contribution in [0, 0.1) is 0 Å². The van der Waals surface area contributed by atoms with Crippen LogP contribution < -0.4 is 10.2 Å². The highest BCUT2D eigenvalue weighted by Crippen LogP contribution is 2.32. The molecule has 0 aliphatic carbocycles. The number of benzene rings is 2. The van der Waals surface area contributed by atoms with Crippen LogP contribution >= 0.6 is 0 Å². The molecule has 1 unspecified atom stereocenters. The molecule has 0 aromatic heterocycles. The molecule has 0 saturated heterocycles. The third kappa shape index (κ3) is 3.99. The summed E-state index contributed by atoms with van der Waals surface area (Å²) in [5.74, 6) is 0.223. The summed E-state index contributed by atoms with van der Waals surface area (Å²) >= 11 is 0. The molecule has 0 aliphatic heterocycles. The van der Waals surface area contributed by atoms with E-state index < -0.39 is 10.8 Å². The molecule has 23 heavy (non-hydrogen) atoms. The number of nitrogens with one attached hydrogen (secondary N) is 1. The highest BCUT2D eigenvalue weighted by atomic mass is 32.2. The Labute approximate surface area is 140 Å². The summed E-state index contributed by atoms with van der Waals surface area (Å²) < 4.78 is 12.1. The van der Waals surface area contributed by atoms with Gasteiger partial charge in [0.05, 0.1) is 21.4 Å². The fraction of sp³-hybridized carbons (Fsp3) is 0.278. The van der Waals surface area contributed by atoms with E-state index in [0.29, 0.717) is 4.90 Å². The molecule has 0 bridgehead atoms. The van der Waals surface area contributed by atoms with Gasteiger partial charge in [0.1, 0.15) is 0 Å². The van der Waals surface area contributed by atoms with Crippen LogP contribution in [0.3, 0.4) is 0 Å². The van der Waals surface area contributed by atoms with Crippen molar-refractivity contribution < 1.29 is 9.00 Å². The van der Waals surface area contributed by atoms with Crippen LogP contribution in [-0.4, -0.2) is 23.5 Å². The first-order valence-corrected chi connectivity index (χ1v) is 9.03. The molecular weight excluding hydrogens is 308 g/mol. The number of amides is 2. The molecule has 0 radical (unpaired) electrons. The number of anilines is 2. The van der Waals surface area contributed by atoms with Crippen molar-refractivity contribution in [3.63, 3.8) is 0 Å². The minimum Gasteiger partial charge on any atom is -0.308 e. The van der Waals surface area contributed by atoms with E-state index in [9.17, 15) is 9.00 Å². The van der Waals surface area contributed by atoms with Crippen molar-refractivity contribution in [2.45, 2.75) is 24.7 Å². The minimum absolute atomic E-state index is 0.223. The van der Waals surface area contributed by atoms with Gasteiger partial charge in [-0.15, -0.1) is 0 Å². The van der Waals surface area contributed by atoms with Crippen molar-refractivity contribution in [3.8, 4) is 0 Å². The van der Waals surface area contributed by atoms with Gasteiger partial charge in [-0.2, -0.15) is 0 Å². The number of para-hydroxylation sites is 2. The fourth-order valence-corrected chi connectivity index (χ4v) is 3.22. The highest BCUT2D eigenvalue weighted by Gasteiger charge is 2.21. The van der Waals surface area contributed by atoms with Gasteiger partial charge in [-0.1, -0.05) is 44.2 Å². The topological polar surface area (TPSA) is 49.4 Å². The smallest absolute Gasteiger partial charge is 0.308 e. The quantitative estimate of drug-likeness (QED) is 0.912. The van der Waals surface area contributed by atoms with Gasteiger partial charge >= 0.3 is 6.03 Å². The Bertz CT molecular complexity index is 714. The molecule has 1 N–H and O–H groups in total. The summed E-state index contributed by atoms with van der Waals surface area (Å²) in [6.07, 6.45) is 1.63. The average Bonchev–Trinajstić information content (AvgIpc) is 2.54. The van der Waals surface area contributed by atoms with E-state index in [1.807, 2.05) is 48.5 Å². The second-order valence-corrected chi connectivity index (χ2v) is 7.01. The largest absolute Gasteiger partial charge is 0.326 e. The number of urea groups is 1. The molecule has 2 aromatic carbocycles. The standard InChI is InChI=1S/C18H22N2O2S/c1-13(2)15-11-8-12-16(23(4)22)17(15)20(3)18(21)19-14-9-6-5-7-10-14/h5-13H,1-4H3,(H,19,21). The molecule has 0 fully saturated rings. The van der Waals surface area contributed by atoms with Crippen LogP contribution in [0.25, 0.3) is 0 Å². The number of hydrogen-bond donors (Lipinski definition) is 1. The number of hydrogen-bond acceptors (Lipinski definition) is 2. The van der Waals surface area contributed by atoms with Crippen LogP contribution in [0.1, 0.15) is 25.3 Å². The monoisotopic (exact) mass is 330 g/mol. The number of carbonyl (C=O) groups is 1. The Hall–Kier alpha value is -2.14. The maximum atomic E-state index is 12.6. The van der Waals surface area contributed by atoms with E-state index in [2.05, 4.69) is 19.2 Å². The van der Waals surface area contributed by atoms with Gasteiger partial charge in [0.25, 0.3) is 0 Å². The lowest BCUT2D eigenvalue weighted by atomic mass is 10.0.